The second kappa shape index (κ2) is 14.8. The molecule has 196 valence electrons. The van der Waals surface area contributed by atoms with Crippen LogP contribution in [0.2, 0.25) is 0 Å². The third-order valence-corrected chi connectivity index (χ3v) is 6.55. The largest absolute Gasteiger partial charge is 0.465 e. The molecule has 7 heteroatoms. The van der Waals surface area contributed by atoms with Crippen LogP contribution in [0.25, 0.3) is 10.9 Å². The van der Waals surface area contributed by atoms with Crippen LogP contribution in [0, 0.1) is 0 Å². The zero-order valence-electron chi connectivity index (χ0n) is 22.7. The molecule has 7 nitrogen and oxygen atoms in total. The number of ether oxygens (including phenoxy) is 2. The van der Waals surface area contributed by atoms with Gasteiger partial charge in [0.05, 0.1) is 19.3 Å². The number of aromatic nitrogens is 1. The van der Waals surface area contributed by atoms with Gasteiger partial charge in [0.15, 0.2) is 0 Å². The summed E-state index contributed by atoms with van der Waals surface area (Å²) in [6.45, 7) is 15.5. The summed E-state index contributed by atoms with van der Waals surface area (Å²) in [6.07, 6.45) is 5.49. The van der Waals surface area contributed by atoms with E-state index in [2.05, 4.69) is 15.5 Å². The first-order chi connectivity index (χ1) is 17.1. The third kappa shape index (κ3) is 7.00. The molecule has 1 fully saturated rings. The summed E-state index contributed by atoms with van der Waals surface area (Å²) < 4.78 is 12.5. The molecule has 1 amide bonds. The number of esters is 1. The molecule has 1 saturated heterocycles. The molecule has 0 saturated carbocycles. The average Bonchev–Trinajstić information content (AvgIpc) is 3.24. The molecule has 2 aliphatic rings. The Balaban J connectivity index is 0.00000103. The highest BCUT2D eigenvalue weighted by atomic mass is 16.6. The fourth-order valence-corrected chi connectivity index (χ4v) is 4.96. The lowest BCUT2D eigenvalue weighted by Crippen LogP contribution is -2.49. The van der Waals surface area contributed by atoms with E-state index in [1.54, 1.807) is 4.90 Å². The van der Waals surface area contributed by atoms with Crippen molar-refractivity contribution in [3.05, 3.63) is 35.0 Å². The Morgan fingerprint density at radius 2 is 1.63 bits per heavy atom. The predicted octanol–water partition coefficient (Wildman–Crippen LogP) is 5.52. The molecule has 1 aromatic carbocycles. The number of carbonyl (C=O) groups is 2. The predicted molar refractivity (Wildman–Crippen MR) is 142 cm³/mol. The van der Waals surface area contributed by atoms with Crippen LogP contribution in [0.3, 0.4) is 0 Å². The van der Waals surface area contributed by atoms with Crippen LogP contribution in [0.5, 0.6) is 0 Å². The highest BCUT2D eigenvalue weighted by Gasteiger charge is 2.23. The van der Waals surface area contributed by atoms with E-state index >= 15 is 0 Å². The molecule has 1 aromatic heterocycles. The maximum absolute atomic E-state index is 12.0. The molecule has 0 N–H and O–H groups in total. The Labute approximate surface area is 211 Å². The van der Waals surface area contributed by atoms with Crippen LogP contribution in [0.1, 0.15) is 75.5 Å². The van der Waals surface area contributed by atoms with E-state index in [1.165, 1.54) is 42.1 Å². The number of methoxy groups -OCH3 is 1. The molecule has 0 unspecified atom stereocenters. The summed E-state index contributed by atoms with van der Waals surface area (Å²) in [6, 6.07) is 5.97. The maximum Gasteiger partial charge on any atom is 0.409 e. The van der Waals surface area contributed by atoms with Crippen molar-refractivity contribution >= 4 is 23.0 Å². The van der Waals surface area contributed by atoms with Gasteiger partial charge < -0.3 is 18.9 Å². The zero-order chi connectivity index (χ0) is 25.8. The Hall–Kier alpha value is -2.54. The van der Waals surface area contributed by atoms with E-state index in [0.717, 1.165) is 58.5 Å². The summed E-state index contributed by atoms with van der Waals surface area (Å²) in [4.78, 5) is 28.1. The zero-order valence-corrected chi connectivity index (χ0v) is 22.7. The SMILES string of the molecule is CC.CC.CCOC(=O)N1CCN(CCCn2c3c(c4cc(C(=O)OC)ccc42)CCCC3)CC1. The molecular weight excluding hydrogens is 442 g/mol. The third-order valence-electron chi connectivity index (χ3n) is 6.55. The van der Waals surface area contributed by atoms with Crippen molar-refractivity contribution in [2.24, 2.45) is 0 Å². The van der Waals surface area contributed by atoms with Gasteiger partial charge in [-0.3, -0.25) is 4.90 Å². The van der Waals surface area contributed by atoms with E-state index < -0.39 is 0 Å². The van der Waals surface area contributed by atoms with E-state index in [1.807, 2.05) is 46.8 Å². The van der Waals surface area contributed by atoms with Crippen molar-refractivity contribution in [3.63, 3.8) is 0 Å². The quantitative estimate of drug-likeness (QED) is 0.502. The normalized spacial score (nSPS) is 15.3. The number of aryl methyl sites for hydroxylation is 2. The van der Waals surface area contributed by atoms with Crippen LogP contribution in [0.15, 0.2) is 18.2 Å². The molecular formula is C28H45N3O4. The highest BCUT2D eigenvalue weighted by molar-refractivity contribution is 5.96. The van der Waals surface area contributed by atoms with Crippen LogP contribution in [0.4, 0.5) is 4.79 Å². The minimum absolute atomic E-state index is 0.195. The number of benzene rings is 1. The topological polar surface area (TPSA) is 64.0 Å². The first kappa shape index (κ1) is 28.7. The number of hydrogen-bond donors (Lipinski definition) is 0. The van der Waals surface area contributed by atoms with Gasteiger partial charge in [0.1, 0.15) is 0 Å². The van der Waals surface area contributed by atoms with E-state index in [9.17, 15) is 9.59 Å². The molecule has 2 heterocycles. The van der Waals surface area contributed by atoms with E-state index in [-0.39, 0.29) is 12.1 Å². The maximum atomic E-state index is 12.0. The van der Waals surface area contributed by atoms with E-state index in [4.69, 9.17) is 9.47 Å². The van der Waals surface area contributed by atoms with Crippen LogP contribution >= 0.6 is 0 Å². The number of rotatable bonds is 6. The number of piperazine rings is 1. The first-order valence-electron chi connectivity index (χ1n) is 13.5. The summed E-state index contributed by atoms with van der Waals surface area (Å²) in [7, 11) is 1.43. The minimum Gasteiger partial charge on any atom is -0.465 e. The van der Waals surface area contributed by atoms with Crippen molar-refractivity contribution in [2.75, 3.05) is 46.4 Å². The van der Waals surface area contributed by atoms with Gasteiger partial charge in [0.25, 0.3) is 0 Å². The Morgan fingerprint density at radius 1 is 0.943 bits per heavy atom. The lowest BCUT2D eigenvalue weighted by Gasteiger charge is -2.34. The lowest BCUT2D eigenvalue weighted by atomic mass is 9.95. The number of amides is 1. The van der Waals surface area contributed by atoms with Gasteiger partial charge in [0, 0.05) is 49.3 Å². The Bertz CT molecular complexity index is 945. The standard InChI is InChI=1S/C24H33N3O4.2C2H6/c1-3-31-24(29)26-15-13-25(14-16-26)11-6-12-27-21-8-5-4-7-19(21)20-17-18(23(28)30-2)9-10-22(20)27;2*1-2/h9-10,17H,3-8,11-16H2,1-2H3;2*1-2H3. The Kier molecular flexibility index (Phi) is 12.1. The number of nitrogens with zero attached hydrogens (tertiary/aromatic N) is 3. The van der Waals surface area contributed by atoms with Crippen LogP contribution in [-0.4, -0.2) is 72.9 Å². The molecule has 4 rings (SSSR count). The van der Waals surface area contributed by atoms with Gasteiger partial charge in [-0.25, -0.2) is 9.59 Å². The number of carbonyl (C=O) groups excluding carboxylic acids is 2. The van der Waals surface area contributed by atoms with Gasteiger partial charge in [-0.05, 0) is 69.3 Å². The van der Waals surface area contributed by atoms with Crippen molar-refractivity contribution in [3.8, 4) is 0 Å². The van der Waals surface area contributed by atoms with Gasteiger partial charge in [-0.2, -0.15) is 0 Å². The fourth-order valence-electron chi connectivity index (χ4n) is 4.96. The molecule has 0 bridgehead atoms. The first-order valence-corrected chi connectivity index (χ1v) is 13.5. The molecule has 1 aliphatic heterocycles. The second-order valence-corrected chi connectivity index (χ2v) is 8.39. The smallest absolute Gasteiger partial charge is 0.409 e. The summed E-state index contributed by atoms with van der Waals surface area (Å²) in [5.74, 6) is -0.277. The van der Waals surface area contributed by atoms with Crippen molar-refractivity contribution < 1.29 is 19.1 Å². The summed E-state index contributed by atoms with van der Waals surface area (Å²) >= 11 is 0. The van der Waals surface area contributed by atoms with Crippen molar-refractivity contribution in [1.29, 1.82) is 0 Å². The molecule has 0 radical (unpaired) electrons. The summed E-state index contributed by atoms with van der Waals surface area (Å²) in [5, 5.41) is 1.21. The fraction of sp³-hybridized carbons (Fsp3) is 0.643. The van der Waals surface area contributed by atoms with Gasteiger partial charge in [-0.1, -0.05) is 27.7 Å². The minimum atomic E-state index is -0.277. The van der Waals surface area contributed by atoms with Gasteiger partial charge in [0.2, 0.25) is 0 Å². The molecule has 0 atom stereocenters. The molecule has 2 aromatic rings. The monoisotopic (exact) mass is 487 g/mol. The number of fused-ring (bicyclic) bond motifs is 3. The highest BCUT2D eigenvalue weighted by Crippen LogP contribution is 2.33. The van der Waals surface area contributed by atoms with Gasteiger partial charge in [-0.15, -0.1) is 0 Å². The van der Waals surface area contributed by atoms with Crippen LogP contribution in [-0.2, 0) is 28.9 Å². The van der Waals surface area contributed by atoms with E-state index in [0.29, 0.717) is 12.2 Å². The molecule has 0 spiro atoms. The average molecular weight is 488 g/mol. The summed E-state index contributed by atoms with van der Waals surface area (Å²) in [5.41, 5.74) is 4.71. The Morgan fingerprint density at radius 3 is 2.29 bits per heavy atom. The molecule has 1 aliphatic carbocycles. The van der Waals surface area contributed by atoms with Crippen molar-refractivity contribution in [2.45, 2.75) is 73.3 Å². The van der Waals surface area contributed by atoms with Crippen molar-refractivity contribution in [1.82, 2.24) is 14.4 Å². The van der Waals surface area contributed by atoms with Crippen LogP contribution < -0.4 is 0 Å². The lowest BCUT2D eigenvalue weighted by molar-refractivity contribution is 0.0600. The number of hydrogen-bond acceptors (Lipinski definition) is 5. The molecule has 35 heavy (non-hydrogen) atoms. The second-order valence-electron chi connectivity index (χ2n) is 8.39. The van der Waals surface area contributed by atoms with Gasteiger partial charge >= 0.3 is 12.1 Å².